The molecule has 6 nitrogen and oxygen atoms in total. The maximum absolute atomic E-state index is 11.6. The summed E-state index contributed by atoms with van der Waals surface area (Å²) in [6.45, 7) is 6.11. The topological polar surface area (TPSA) is 104 Å². The number of nitrogen functional groups attached to an aromatic ring is 1. The van der Waals surface area contributed by atoms with Crippen LogP contribution in [0.15, 0.2) is 18.2 Å². The summed E-state index contributed by atoms with van der Waals surface area (Å²) >= 11 is 0. The second kappa shape index (κ2) is 6.27. The highest BCUT2D eigenvalue weighted by atomic mass is 16.4. The molecule has 1 aromatic rings. The minimum Gasteiger partial charge on any atom is -0.478 e. The maximum Gasteiger partial charge on any atom is 0.335 e. The smallest absolute Gasteiger partial charge is 0.335 e. The van der Waals surface area contributed by atoms with E-state index in [1.165, 1.54) is 18.2 Å². The Hall–Kier alpha value is -2.24. The van der Waals surface area contributed by atoms with Crippen LogP contribution in [0.25, 0.3) is 0 Å². The molecule has 0 bridgehead atoms. The number of carbonyl (C=O) groups is 2. The molecule has 1 amide bonds. The molecule has 0 unspecified atom stereocenters. The maximum atomic E-state index is 11.6. The van der Waals surface area contributed by atoms with Gasteiger partial charge in [0.1, 0.15) is 0 Å². The molecule has 0 fully saturated rings. The zero-order chi connectivity index (χ0) is 15.3. The molecule has 1 aromatic carbocycles. The normalized spacial score (nSPS) is 10.9. The van der Waals surface area contributed by atoms with Crippen LogP contribution in [0.1, 0.15) is 37.6 Å². The molecule has 0 radical (unpaired) electrons. The molecule has 0 spiro atoms. The lowest BCUT2D eigenvalue weighted by molar-refractivity contribution is -0.122. The number of benzene rings is 1. The minimum atomic E-state index is -1.02. The number of nitrogens with one attached hydrogen (secondary N) is 2. The van der Waals surface area contributed by atoms with Crippen LogP contribution in [0.5, 0.6) is 0 Å². The van der Waals surface area contributed by atoms with E-state index in [4.69, 9.17) is 10.8 Å². The fourth-order valence-corrected chi connectivity index (χ4v) is 1.63. The largest absolute Gasteiger partial charge is 0.478 e. The molecule has 0 heterocycles. The fourth-order valence-electron chi connectivity index (χ4n) is 1.63. The molecule has 0 aliphatic rings. The van der Waals surface area contributed by atoms with Crippen molar-refractivity contribution < 1.29 is 14.7 Å². The summed E-state index contributed by atoms with van der Waals surface area (Å²) in [5.74, 6) is -1.09. The molecule has 0 aromatic heterocycles. The monoisotopic (exact) mass is 279 g/mol. The van der Waals surface area contributed by atoms with Crippen molar-refractivity contribution in [1.29, 1.82) is 0 Å². The zero-order valence-electron chi connectivity index (χ0n) is 12.0. The highest BCUT2D eigenvalue weighted by Crippen LogP contribution is 2.20. The number of carbonyl (C=O) groups excluding carboxylic acids is 1. The van der Waals surface area contributed by atoms with Crippen molar-refractivity contribution in [3.05, 3.63) is 23.8 Å². The van der Waals surface area contributed by atoms with Crippen LogP contribution >= 0.6 is 0 Å². The van der Waals surface area contributed by atoms with E-state index in [1.54, 1.807) is 0 Å². The molecule has 0 aliphatic carbocycles. The van der Waals surface area contributed by atoms with Gasteiger partial charge in [0.2, 0.25) is 5.91 Å². The highest BCUT2D eigenvalue weighted by Gasteiger charge is 2.13. The van der Waals surface area contributed by atoms with E-state index in [0.29, 0.717) is 17.9 Å². The van der Waals surface area contributed by atoms with Crippen molar-refractivity contribution in [2.45, 2.75) is 32.7 Å². The first-order valence-electron chi connectivity index (χ1n) is 6.37. The third-order valence-corrected chi connectivity index (χ3v) is 2.48. The van der Waals surface area contributed by atoms with E-state index in [-0.39, 0.29) is 23.4 Å². The molecule has 0 saturated carbocycles. The minimum absolute atomic E-state index is 0.0713. The van der Waals surface area contributed by atoms with Crippen LogP contribution in [0.2, 0.25) is 0 Å². The fraction of sp³-hybridized carbons (Fsp3) is 0.429. The number of amides is 1. The molecule has 20 heavy (non-hydrogen) atoms. The quantitative estimate of drug-likeness (QED) is 0.614. The second-order valence-electron chi connectivity index (χ2n) is 5.58. The summed E-state index contributed by atoms with van der Waals surface area (Å²) in [5.41, 5.74) is 6.61. The Kier molecular flexibility index (Phi) is 4.96. The van der Waals surface area contributed by atoms with E-state index in [2.05, 4.69) is 10.6 Å². The van der Waals surface area contributed by atoms with E-state index >= 15 is 0 Å². The summed E-state index contributed by atoms with van der Waals surface area (Å²) in [6.07, 6.45) is 0.286. The van der Waals surface area contributed by atoms with Crippen molar-refractivity contribution in [3.63, 3.8) is 0 Å². The van der Waals surface area contributed by atoms with Crippen molar-refractivity contribution in [1.82, 2.24) is 5.32 Å². The molecule has 0 aliphatic heterocycles. The Morgan fingerprint density at radius 1 is 1.30 bits per heavy atom. The predicted molar refractivity (Wildman–Crippen MR) is 78.8 cm³/mol. The van der Waals surface area contributed by atoms with Gasteiger partial charge in [-0.05, 0) is 39.0 Å². The molecule has 1 rings (SSSR count). The van der Waals surface area contributed by atoms with Crippen molar-refractivity contribution in [2.75, 3.05) is 17.6 Å². The third kappa shape index (κ3) is 5.17. The molecular formula is C14H21N3O3. The van der Waals surface area contributed by atoms with Crippen LogP contribution in [-0.2, 0) is 4.79 Å². The SMILES string of the molecule is CC(C)(C)NC(=O)CCNc1cc(C(=O)O)ccc1N. The zero-order valence-corrected chi connectivity index (χ0v) is 12.0. The molecule has 5 N–H and O–H groups in total. The molecular weight excluding hydrogens is 258 g/mol. The second-order valence-corrected chi connectivity index (χ2v) is 5.58. The van der Waals surface area contributed by atoms with Gasteiger partial charge in [-0.2, -0.15) is 0 Å². The summed E-state index contributed by atoms with van der Waals surface area (Å²) in [4.78, 5) is 22.5. The van der Waals surface area contributed by atoms with Gasteiger partial charge in [0, 0.05) is 18.5 Å². The van der Waals surface area contributed by atoms with Gasteiger partial charge in [-0.3, -0.25) is 4.79 Å². The third-order valence-electron chi connectivity index (χ3n) is 2.48. The van der Waals surface area contributed by atoms with Crippen LogP contribution < -0.4 is 16.4 Å². The van der Waals surface area contributed by atoms with E-state index in [9.17, 15) is 9.59 Å². The molecule has 110 valence electrons. The Morgan fingerprint density at radius 2 is 1.95 bits per heavy atom. The Bertz CT molecular complexity index is 507. The van der Waals surface area contributed by atoms with E-state index in [0.717, 1.165) is 0 Å². The number of aromatic carboxylic acids is 1. The van der Waals surface area contributed by atoms with E-state index in [1.807, 2.05) is 20.8 Å². The first kappa shape index (κ1) is 15.8. The van der Waals surface area contributed by atoms with Gasteiger partial charge >= 0.3 is 5.97 Å². The lowest BCUT2D eigenvalue weighted by Gasteiger charge is -2.20. The average molecular weight is 279 g/mol. The van der Waals surface area contributed by atoms with Crippen LogP contribution in [0.4, 0.5) is 11.4 Å². The van der Waals surface area contributed by atoms with Gasteiger partial charge < -0.3 is 21.5 Å². The molecule has 0 saturated heterocycles. The Labute approximate surface area is 118 Å². The number of hydrogen-bond donors (Lipinski definition) is 4. The van der Waals surface area contributed by atoms with Crippen molar-refractivity contribution in [3.8, 4) is 0 Å². The average Bonchev–Trinajstić information content (AvgIpc) is 2.28. The first-order valence-corrected chi connectivity index (χ1v) is 6.37. The molecule has 6 heteroatoms. The van der Waals surface area contributed by atoms with Crippen molar-refractivity contribution >= 4 is 23.3 Å². The van der Waals surface area contributed by atoms with Gasteiger partial charge in [-0.15, -0.1) is 0 Å². The van der Waals surface area contributed by atoms with Gasteiger partial charge in [0.25, 0.3) is 0 Å². The lowest BCUT2D eigenvalue weighted by Crippen LogP contribution is -2.41. The number of rotatable bonds is 5. The number of nitrogens with two attached hydrogens (primary N) is 1. The number of carboxylic acids is 1. The summed E-state index contributed by atoms with van der Waals surface area (Å²) in [5, 5.41) is 14.7. The van der Waals surface area contributed by atoms with Crippen LogP contribution in [-0.4, -0.2) is 29.1 Å². The van der Waals surface area contributed by atoms with Gasteiger partial charge in [0.15, 0.2) is 0 Å². The first-order chi connectivity index (χ1) is 9.19. The standard InChI is InChI=1S/C14H21N3O3/c1-14(2,3)17-12(18)6-7-16-11-8-9(13(19)20)4-5-10(11)15/h4-5,8,16H,6-7,15H2,1-3H3,(H,17,18)(H,19,20). The highest BCUT2D eigenvalue weighted by molar-refractivity contribution is 5.90. The van der Waals surface area contributed by atoms with Gasteiger partial charge in [-0.25, -0.2) is 4.79 Å². The number of carboxylic acid groups (broad SMARTS) is 1. The molecule has 0 atom stereocenters. The van der Waals surface area contributed by atoms with Crippen molar-refractivity contribution in [2.24, 2.45) is 0 Å². The van der Waals surface area contributed by atoms with Crippen LogP contribution in [0.3, 0.4) is 0 Å². The van der Waals surface area contributed by atoms with Crippen LogP contribution in [0, 0.1) is 0 Å². The summed E-state index contributed by atoms with van der Waals surface area (Å²) < 4.78 is 0. The van der Waals surface area contributed by atoms with Gasteiger partial charge in [0.05, 0.1) is 16.9 Å². The Balaban J connectivity index is 2.56. The Morgan fingerprint density at radius 3 is 2.50 bits per heavy atom. The van der Waals surface area contributed by atoms with Gasteiger partial charge in [-0.1, -0.05) is 0 Å². The summed E-state index contributed by atoms with van der Waals surface area (Å²) in [6, 6.07) is 4.43. The van der Waals surface area contributed by atoms with E-state index < -0.39 is 5.97 Å². The lowest BCUT2D eigenvalue weighted by atomic mass is 10.1. The number of hydrogen-bond acceptors (Lipinski definition) is 4. The predicted octanol–water partition coefficient (Wildman–Crippen LogP) is 1.68. The summed E-state index contributed by atoms with van der Waals surface area (Å²) in [7, 11) is 0. The number of anilines is 2.